The predicted octanol–water partition coefficient (Wildman–Crippen LogP) is 2.39. The highest BCUT2D eigenvalue weighted by Crippen LogP contribution is 2.21. The lowest BCUT2D eigenvalue weighted by atomic mass is 10.2. The molecule has 0 saturated heterocycles. The molecule has 2 N–H and O–H groups in total. The van der Waals surface area contributed by atoms with Crippen LogP contribution in [-0.4, -0.2) is 27.3 Å². The van der Waals surface area contributed by atoms with Gasteiger partial charge in [0.05, 0.1) is 16.4 Å². The molecule has 0 fully saturated rings. The number of thioether (sulfide) groups is 1. The molecule has 1 heterocycles. The Morgan fingerprint density at radius 1 is 1.56 bits per heavy atom. The van der Waals surface area contributed by atoms with Gasteiger partial charge in [0.1, 0.15) is 0 Å². The highest BCUT2D eigenvalue weighted by Gasteiger charge is 2.14. The van der Waals surface area contributed by atoms with Crippen LogP contribution < -0.4 is 5.73 Å². The summed E-state index contributed by atoms with van der Waals surface area (Å²) in [7, 11) is 1.92. The van der Waals surface area contributed by atoms with E-state index >= 15 is 0 Å². The van der Waals surface area contributed by atoms with E-state index in [1.165, 1.54) is 12.2 Å². The molecular formula is C11H20ClN3S. The van der Waals surface area contributed by atoms with Gasteiger partial charge in [0.2, 0.25) is 0 Å². The average molecular weight is 262 g/mol. The third-order valence-electron chi connectivity index (χ3n) is 2.40. The van der Waals surface area contributed by atoms with Crippen molar-refractivity contribution in [3.05, 3.63) is 16.4 Å². The number of halogens is 1. The number of hydrogen-bond donors (Lipinski definition) is 1. The SMILES string of the molecule is CCCSCC(N)Cc1c(Cl)c(C)nn1C. The molecular weight excluding hydrogens is 242 g/mol. The molecule has 0 amide bonds. The minimum Gasteiger partial charge on any atom is -0.327 e. The van der Waals surface area contributed by atoms with Crippen LogP contribution in [0, 0.1) is 6.92 Å². The van der Waals surface area contributed by atoms with E-state index in [2.05, 4.69) is 12.0 Å². The molecule has 0 aromatic carbocycles. The second-order valence-electron chi connectivity index (χ2n) is 4.01. The van der Waals surface area contributed by atoms with Gasteiger partial charge >= 0.3 is 0 Å². The first-order chi connectivity index (χ1) is 7.56. The molecule has 0 spiro atoms. The molecule has 5 heteroatoms. The standard InChI is InChI=1S/C11H20ClN3S/c1-4-5-16-7-9(13)6-10-11(12)8(2)14-15(10)3/h9H,4-7,13H2,1-3H3. The fourth-order valence-corrected chi connectivity index (χ4v) is 2.70. The van der Waals surface area contributed by atoms with Gasteiger partial charge in [-0.1, -0.05) is 18.5 Å². The normalized spacial score (nSPS) is 13.1. The third-order valence-corrected chi connectivity index (χ3v) is 4.25. The fourth-order valence-electron chi connectivity index (χ4n) is 1.59. The zero-order valence-electron chi connectivity index (χ0n) is 10.2. The first-order valence-electron chi connectivity index (χ1n) is 5.57. The van der Waals surface area contributed by atoms with Crippen molar-refractivity contribution in [2.24, 2.45) is 12.8 Å². The number of nitrogens with two attached hydrogens (primary N) is 1. The highest BCUT2D eigenvalue weighted by atomic mass is 35.5. The number of rotatable bonds is 6. The summed E-state index contributed by atoms with van der Waals surface area (Å²) in [6, 6.07) is 0.156. The topological polar surface area (TPSA) is 43.8 Å². The Hall–Kier alpha value is -0.190. The smallest absolute Gasteiger partial charge is 0.0847 e. The lowest BCUT2D eigenvalue weighted by Crippen LogP contribution is -2.27. The van der Waals surface area contributed by atoms with Crippen molar-refractivity contribution in [2.45, 2.75) is 32.7 Å². The van der Waals surface area contributed by atoms with Crippen LogP contribution in [0.2, 0.25) is 5.02 Å². The van der Waals surface area contributed by atoms with Crippen LogP contribution in [0.25, 0.3) is 0 Å². The van der Waals surface area contributed by atoms with Crippen LogP contribution in [-0.2, 0) is 13.5 Å². The summed E-state index contributed by atoms with van der Waals surface area (Å²) in [5.74, 6) is 2.15. The van der Waals surface area contributed by atoms with Crippen molar-refractivity contribution in [1.82, 2.24) is 9.78 Å². The van der Waals surface area contributed by atoms with E-state index in [-0.39, 0.29) is 6.04 Å². The Balaban J connectivity index is 2.52. The Labute approximate surface area is 107 Å². The first kappa shape index (κ1) is 13.9. The molecule has 0 bridgehead atoms. The first-order valence-corrected chi connectivity index (χ1v) is 7.10. The molecule has 1 aromatic heterocycles. The minimum atomic E-state index is 0.156. The second kappa shape index (κ2) is 6.52. The van der Waals surface area contributed by atoms with Crippen LogP contribution >= 0.6 is 23.4 Å². The number of aryl methyl sites for hydroxylation is 2. The number of aromatic nitrogens is 2. The maximum atomic E-state index is 6.17. The van der Waals surface area contributed by atoms with Gasteiger partial charge in [-0.3, -0.25) is 4.68 Å². The van der Waals surface area contributed by atoms with E-state index in [0.29, 0.717) is 0 Å². The zero-order valence-corrected chi connectivity index (χ0v) is 11.7. The minimum absolute atomic E-state index is 0.156. The largest absolute Gasteiger partial charge is 0.327 e. The van der Waals surface area contributed by atoms with E-state index in [9.17, 15) is 0 Å². The van der Waals surface area contributed by atoms with Gasteiger partial charge in [0.25, 0.3) is 0 Å². The lowest BCUT2D eigenvalue weighted by molar-refractivity contribution is 0.653. The van der Waals surface area contributed by atoms with Crippen molar-refractivity contribution in [1.29, 1.82) is 0 Å². The second-order valence-corrected chi connectivity index (χ2v) is 5.54. The van der Waals surface area contributed by atoms with E-state index in [1.807, 2.05) is 30.4 Å². The highest BCUT2D eigenvalue weighted by molar-refractivity contribution is 7.99. The van der Waals surface area contributed by atoms with E-state index in [4.69, 9.17) is 17.3 Å². The van der Waals surface area contributed by atoms with Crippen molar-refractivity contribution in [3.8, 4) is 0 Å². The van der Waals surface area contributed by atoms with Crippen molar-refractivity contribution in [3.63, 3.8) is 0 Å². The molecule has 0 aliphatic heterocycles. The average Bonchev–Trinajstić information content (AvgIpc) is 2.46. The van der Waals surface area contributed by atoms with Crippen LogP contribution in [0.3, 0.4) is 0 Å². The molecule has 0 radical (unpaired) electrons. The van der Waals surface area contributed by atoms with E-state index < -0.39 is 0 Å². The summed E-state index contributed by atoms with van der Waals surface area (Å²) in [5, 5.41) is 5.04. The summed E-state index contributed by atoms with van der Waals surface area (Å²) < 4.78 is 1.84. The fraction of sp³-hybridized carbons (Fsp3) is 0.727. The van der Waals surface area contributed by atoms with E-state index in [1.54, 1.807) is 0 Å². The molecule has 1 rings (SSSR count). The molecule has 1 atom stereocenters. The maximum Gasteiger partial charge on any atom is 0.0847 e. The van der Waals surface area contributed by atoms with Crippen LogP contribution in [0.4, 0.5) is 0 Å². The Kier molecular flexibility index (Phi) is 5.66. The van der Waals surface area contributed by atoms with Gasteiger partial charge in [-0.15, -0.1) is 0 Å². The summed E-state index contributed by atoms with van der Waals surface area (Å²) in [6.45, 7) is 4.10. The maximum absolute atomic E-state index is 6.17. The molecule has 92 valence electrons. The van der Waals surface area contributed by atoms with Gasteiger partial charge in [-0.25, -0.2) is 0 Å². The van der Waals surface area contributed by atoms with Crippen molar-refractivity contribution < 1.29 is 0 Å². The van der Waals surface area contributed by atoms with Crippen LogP contribution in [0.15, 0.2) is 0 Å². The molecule has 16 heavy (non-hydrogen) atoms. The van der Waals surface area contributed by atoms with Gasteiger partial charge in [0, 0.05) is 25.3 Å². The Morgan fingerprint density at radius 3 is 2.75 bits per heavy atom. The van der Waals surface area contributed by atoms with E-state index in [0.717, 1.165) is 28.6 Å². The predicted molar refractivity (Wildman–Crippen MR) is 72.3 cm³/mol. The summed E-state index contributed by atoms with van der Waals surface area (Å²) >= 11 is 8.08. The van der Waals surface area contributed by atoms with Gasteiger partial charge < -0.3 is 5.73 Å². The van der Waals surface area contributed by atoms with Gasteiger partial charge in [-0.2, -0.15) is 16.9 Å². The summed E-state index contributed by atoms with van der Waals surface area (Å²) in [5.41, 5.74) is 8.00. The monoisotopic (exact) mass is 261 g/mol. The number of hydrogen-bond acceptors (Lipinski definition) is 3. The third kappa shape index (κ3) is 3.68. The summed E-state index contributed by atoms with van der Waals surface area (Å²) in [6.07, 6.45) is 2.00. The molecule has 0 aliphatic rings. The molecule has 1 unspecified atom stereocenters. The quantitative estimate of drug-likeness (QED) is 0.800. The Morgan fingerprint density at radius 2 is 2.25 bits per heavy atom. The lowest BCUT2D eigenvalue weighted by Gasteiger charge is -2.11. The van der Waals surface area contributed by atoms with Crippen molar-refractivity contribution in [2.75, 3.05) is 11.5 Å². The Bertz CT molecular complexity index is 338. The van der Waals surface area contributed by atoms with Crippen LogP contribution in [0.5, 0.6) is 0 Å². The van der Waals surface area contributed by atoms with Gasteiger partial charge in [0.15, 0.2) is 0 Å². The molecule has 0 aliphatic carbocycles. The van der Waals surface area contributed by atoms with Crippen molar-refractivity contribution >= 4 is 23.4 Å². The summed E-state index contributed by atoms with van der Waals surface area (Å²) in [4.78, 5) is 0. The molecule has 0 saturated carbocycles. The number of nitrogens with zero attached hydrogens (tertiary/aromatic N) is 2. The zero-order chi connectivity index (χ0) is 12.1. The molecule has 1 aromatic rings. The molecule has 3 nitrogen and oxygen atoms in total. The van der Waals surface area contributed by atoms with Gasteiger partial charge in [-0.05, 0) is 19.1 Å². The van der Waals surface area contributed by atoms with Crippen LogP contribution in [0.1, 0.15) is 24.7 Å².